The first kappa shape index (κ1) is 22.0. The molecule has 0 saturated heterocycles. The summed E-state index contributed by atoms with van der Waals surface area (Å²) in [5, 5.41) is 2.63. The molecule has 0 aliphatic heterocycles. The van der Waals surface area contributed by atoms with Crippen molar-refractivity contribution in [3.05, 3.63) is 36.9 Å². The summed E-state index contributed by atoms with van der Waals surface area (Å²) in [5.41, 5.74) is 6.20. The largest absolute Gasteiger partial charge is 0.490 e. The highest BCUT2D eigenvalue weighted by atomic mass is 16.6. The lowest BCUT2D eigenvalue weighted by molar-refractivity contribution is 0.0635. The second-order valence-electron chi connectivity index (χ2n) is 6.28. The zero-order chi connectivity index (χ0) is 20.3. The van der Waals surface area contributed by atoms with Gasteiger partial charge in [0.25, 0.3) is 0 Å². The molecule has 0 radical (unpaired) electrons. The summed E-state index contributed by atoms with van der Waals surface area (Å²) in [6.45, 7) is 10.3. The fourth-order valence-electron chi connectivity index (χ4n) is 1.83. The molecule has 8 nitrogen and oxygen atoms in total. The van der Waals surface area contributed by atoms with Crippen LogP contribution in [0.15, 0.2) is 36.9 Å². The molecule has 1 amide bonds. The van der Waals surface area contributed by atoms with Crippen LogP contribution in [0.1, 0.15) is 34.6 Å². The highest BCUT2D eigenvalue weighted by molar-refractivity contribution is 5.86. The first-order chi connectivity index (χ1) is 12.8. The van der Waals surface area contributed by atoms with Crippen LogP contribution in [0.4, 0.5) is 16.2 Å². The number of nitrogens with two attached hydrogens (primary N) is 1. The van der Waals surface area contributed by atoms with Crippen molar-refractivity contribution in [2.24, 2.45) is 0 Å². The number of hydrogen-bond acceptors (Lipinski definition) is 7. The molecule has 0 saturated carbocycles. The number of nitrogens with zero attached hydrogens (tertiary/aromatic N) is 2. The number of amides is 1. The van der Waals surface area contributed by atoms with E-state index in [1.165, 1.54) is 0 Å². The van der Waals surface area contributed by atoms with Crippen LogP contribution in [0.25, 0.3) is 0 Å². The monoisotopic (exact) mass is 376 g/mol. The Balaban J connectivity index is 0.000000309. The van der Waals surface area contributed by atoms with Crippen molar-refractivity contribution in [3.8, 4) is 11.5 Å². The lowest BCUT2D eigenvalue weighted by Crippen LogP contribution is -2.27. The van der Waals surface area contributed by atoms with E-state index in [9.17, 15) is 4.79 Å². The predicted molar refractivity (Wildman–Crippen MR) is 105 cm³/mol. The Bertz CT molecular complexity index is 717. The lowest BCUT2D eigenvalue weighted by Gasteiger charge is -2.20. The van der Waals surface area contributed by atoms with Crippen LogP contribution in [0.2, 0.25) is 0 Å². The second kappa shape index (κ2) is 10.8. The van der Waals surface area contributed by atoms with E-state index in [0.717, 1.165) is 0 Å². The van der Waals surface area contributed by atoms with E-state index in [1.54, 1.807) is 36.9 Å². The molecule has 0 atom stereocenters. The summed E-state index contributed by atoms with van der Waals surface area (Å²) in [4.78, 5) is 19.4. The van der Waals surface area contributed by atoms with Gasteiger partial charge >= 0.3 is 6.09 Å². The van der Waals surface area contributed by atoms with Gasteiger partial charge in [0.05, 0.1) is 37.0 Å². The van der Waals surface area contributed by atoms with Crippen LogP contribution >= 0.6 is 0 Å². The first-order valence-corrected chi connectivity index (χ1v) is 8.66. The summed E-state index contributed by atoms with van der Waals surface area (Å²) in [5.74, 6) is 1.19. The molecule has 2 aromatic rings. The van der Waals surface area contributed by atoms with Crippen LogP contribution in [-0.4, -0.2) is 34.9 Å². The van der Waals surface area contributed by atoms with Crippen molar-refractivity contribution in [2.45, 2.75) is 40.2 Å². The average Bonchev–Trinajstić information content (AvgIpc) is 2.58. The van der Waals surface area contributed by atoms with Crippen LogP contribution in [-0.2, 0) is 4.74 Å². The normalized spacial score (nSPS) is 10.3. The Morgan fingerprint density at radius 1 is 1.04 bits per heavy atom. The van der Waals surface area contributed by atoms with Gasteiger partial charge in [-0.15, -0.1) is 0 Å². The van der Waals surface area contributed by atoms with Crippen molar-refractivity contribution < 1.29 is 19.0 Å². The molecule has 2 heterocycles. The predicted octanol–water partition coefficient (Wildman–Crippen LogP) is 3.89. The Hall–Kier alpha value is -3.03. The summed E-state index contributed by atoms with van der Waals surface area (Å²) in [7, 11) is 0. The number of nitrogen functional groups attached to an aromatic ring is 1. The molecule has 0 aliphatic rings. The molecule has 0 unspecified atom stereocenters. The van der Waals surface area contributed by atoms with Gasteiger partial charge < -0.3 is 19.9 Å². The molecule has 2 aromatic heterocycles. The molecule has 0 aliphatic carbocycles. The third-order valence-electron chi connectivity index (χ3n) is 2.84. The van der Waals surface area contributed by atoms with E-state index >= 15 is 0 Å². The number of ether oxygens (including phenoxy) is 3. The SMILES string of the molecule is CCOc1cnccc1N.CCOc1cnccc1NC(=O)OC(C)(C)C. The molecule has 0 aromatic carbocycles. The van der Waals surface area contributed by atoms with Gasteiger partial charge in [0.15, 0.2) is 11.5 Å². The lowest BCUT2D eigenvalue weighted by atomic mass is 10.2. The molecular weight excluding hydrogens is 348 g/mol. The van der Waals surface area contributed by atoms with E-state index < -0.39 is 11.7 Å². The maximum Gasteiger partial charge on any atom is 0.412 e. The first-order valence-electron chi connectivity index (χ1n) is 8.66. The standard InChI is InChI=1S/C12H18N2O3.C7H10N2O/c1-5-16-10-8-13-7-6-9(10)14-11(15)17-12(2,3)4;1-2-10-7-5-9-4-3-6(7)8/h6-8H,5H2,1-4H3,(H,13,14,15);3-5H,2H2,1H3,(H2,8,9). The highest BCUT2D eigenvalue weighted by Crippen LogP contribution is 2.23. The van der Waals surface area contributed by atoms with Crippen LogP contribution in [0.5, 0.6) is 11.5 Å². The van der Waals surface area contributed by atoms with Crippen LogP contribution < -0.4 is 20.5 Å². The third kappa shape index (κ3) is 8.75. The number of hydrogen-bond donors (Lipinski definition) is 2. The number of carbonyl (C=O) groups excluding carboxylic acids is 1. The van der Waals surface area contributed by atoms with Crippen molar-refractivity contribution in [3.63, 3.8) is 0 Å². The highest BCUT2D eigenvalue weighted by Gasteiger charge is 2.17. The van der Waals surface area contributed by atoms with Crippen molar-refractivity contribution in [2.75, 3.05) is 24.3 Å². The van der Waals surface area contributed by atoms with Gasteiger partial charge in [-0.1, -0.05) is 0 Å². The zero-order valence-corrected chi connectivity index (χ0v) is 16.5. The number of aromatic nitrogens is 2. The van der Waals surface area contributed by atoms with E-state index in [4.69, 9.17) is 19.9 Å². The van der Waals surface area contributed by atoms with Crippen molar-refractivity contribution >= 4 is 17.5 Å². The quantitative estimate of drug-likeness (QED) is 0.815. The van der Waals surface area contributed by atoms with E-state index in [-0.39, 0.29) is 0 Å². The molecule has 2 rings (SSSR count). The Kier molecular flexibility index (Phi) is 8.84. The fourth-order valence-corrected chi connectivity index (χ4v) is 1.83. The number of pyridine rings is 2. The Labute approximate surface area is 160 Å². The van der Waals surface area contributed by atoms with Gasteiger partial charge in [-0.2, -0.15) is 0 Å². The summed E-state index contributed by atoms with van der Waals surface area (Å²) >= 11 is 0. The minimum Gasteiger partial charge on any atom is -0.490 e. The molecule has 0 fully saturated rings. The van der Waals surface area contributed by atoms with E-state index in [1.807, 2.05) is 34.6 Å². The third-order valence-corrected chi connectivity index (χ3v) is 2.84. The topological polar surface area (TPSA) is 109 Å². The van der Waals surface area contributed by atoms with Crippen molar-refractivity contribution in [1.82, 2.24) is 9.97 Å². The molecule has 0 spiro atoms. The zero-order valence-electron chi connectivity index (χ0n) is 16.5. The minimum absolute atomic E-state index is 0.509. The number of rotatable bonds is 5. The van der Waals surface area contributed by atoms with Gasteiger partial charge in [0.1, 0.15) is 5.60 Å². The number of nitrogens with one attached hydrogen (secondary N) is 1. The van der Waals surface area contributed by atoms with E-state index in [0.29, 0.717) is 36.1 Å². The maximum atomic E-state index is 11.6. The van der Waals surface area contributed by atoms with Gasteiger partial charge in [0, 0.05) is 12.4 Å². The fraction of sp³-hybridized carbons (Fsp3) is 0.421. The van der Waals surface area contributed by atoms with Crippen LogP contribution in [0, 0.1) is 0 Å². The summed E-state index contributed by atoms with van der Waals surface area (Å²) in [6.07, 6.45) is 5.87. The number of carbonyl (C=O) groups is 1. The molecular formula is C19H28N4O4. The number of anilines is 2. The molecule has 0 bridgehead atoms. The van der Waals surface area contributed by atoms with Gasteiger partial charge in [-0.25, -0.2) is 4.79 Å². The second-order valence-corrected chi connectivity index (χ2v) is 6.28. The maximum absolute atomic E-state index is 11.6. The van der Waals surface area contributed by atoms with Gasteiger partial charge in [-0.05, 0) is 46.8 Å². The smallest absolute Gasteiger partial charge is 0.412 e. The Morgan fingerprint density at radius 3 is 2.15 bits per heavy atom. The molecule has 8 heteroatoms. The van der Waals surface area contributed by atoms with Gasteiger partial charge in [0.2, 0.25) is 0 Å². The van der Waals surface area contributed by atoms with Gasteiger partial charge in [-0.3, -0.25) is 15.3 Å². The van der Waals surface area contributed by atoms with E-state index in [2.05, 4.69) is 15.3 Å². The molecule has 148 valence electrons. The van der Waals surface area contributed by atoms with Crippen LogP contribution in [0.3, 0.4) is 0 Å². The summed E-state index contributed by atoms with van der Waals surface area (Å²) < 4.78 is 15.6. The minimum atomic E-state index is -0.525. The van der Waals surface area contributed by atoms with Crippen molar-refractivity contribution in [1.29, 1.82) is 0 Å². The Morgan fingerprint density at radius 2 is 1.59 bits per heavy atom. The molecule has 3 N–H and O–H groups in total. The summed E-state index contributed by atoms with van der Waals surface area (Å²) in [6, 6.07) is 3.37. The molecule has 27 heavy (non-hydrogen) atoms. The average molecular weight is 376 g/mol.